The molecule has 0 aromatic carbocycles. The largest absolute Gasteiger partial charge is 0.412 e. The van der Waals surface area contributed by atoms with Gasteiger partial charge < -0.3 is 5.32 Å². The second-order valence-corrected chi connectivity index (χ2v) is 3.66. The summed E-state index contributed by atoms with van der Waals surface area (Å²) in [6, 6.07) is -0.216. The van der Waals surface area contributed by atoms with Crippen molar-refractivity contribution in [3.63, 3.8) is 0 Å². The van der Waals surface area contributed by atoms with Gasteiger partial charge in [0.1, 0.15) is 0 Å². The Morgan fingerprint density at radius 2 is 1.72 bits per heavy atom. The molecule has 0 amide bonds. The Kier molecular flexibility index (Phi) is 11.3. The molecule has 0 aromatic heterocycles. The van der Waals surface area contributed by atoms with Crippen LogP contribution in [-0.2, 0) is 0 Å². The monoisotopic (exact) mass is 275 g/mol. The van der Waals surface area contributed by atoms with E-state index in [-0.39, 0.29) is 12.5 Å². The molecular weight excluding hydrogens is 253 g/mol. The Hall–Kier alpha value is -0.650. The summed E-state index contributed by atoms with van der Waals surface area (Å²) < 4.78 is 59.7. The number of hydrogen-bond acceptors (Lipinski definition) is 1. The first-order chi connectivity index (χ1) is 8.23. The van der Waals surface area contributed by atoms with Gasteiger partial charge in [-0.3, -0.25) is 0 Å². The van der Waals surface area contributed by atoms with Crippen LogP contribution in [0.4, 0.5) is 22.0 Å². The van der Waals surface area contributed by atoms with E-state index in [9.17, 15) is 22.0 Å². The van der Waals surface area contributed by atoms with E-state index in [2.05, 4.69) is 5.32 Å². The number of nitrogens with one attached hydrogen (secondary N) is 1. The predicted molar refractivity (Wildman–Crippen MR) is 63.9 cm³/mol. The van der Waals surface area contributed by atoms with E-state index in [4.69, 9.17) is 0 Å². The quantitative estimate of drug-likeness (QED) is 0.554. The molecule has 0 spiro atoms. The Labute approximate surface area is 105 Å². The van der Waals surface area contributed by atoms with Crippen LogP contribution in [0.3, 0.4) is 0 Å². The molecule has 0 fully saturated rings. The van der Waals surface area contributed by atoms with Gasteiger partial charge in [-0.25, -0.2) is 8.78 Å². The summed E-state index contributed by atoms with van der Waals surface area (Å²) in [7, 11) is 0. The van der Waals surface area contributed by atoms with Gasteiger partial charge in [-0.2, -0.15) is 13.2 Å². The van der Waals surface area contributed by atoms with Crippen molar-refractivity contribution in [2.45, 2.75) is 59.2 Å². The van der Waals surface area contributed by atoms with Crippen LogP contribution in [0.15, 0.2) is 11.6 Å². The minimum Gasteiger partial charge on any atom is -0.309 e. The molecule has 1 atom stereocenters. The number of rotatable bonds is 6. The molecule has 1 N–H and O–H groups in total. The molecule has 0 heterocycles. The summed E-state index contributed by atoms with van der Waals surface area (Å²) in [5.74, 6) is 0. The highest BCUT2D eigenvalue weighted by Crippen LogP contribution is 2.25. The number of allylic oxidation sites excluding steroid dienone is 2. The second kappa shape index (κ2) is 10.3. The molecular formula is C12H22F5N. The molecule has 18 heavy (non-hydrogen) atoms. The maximum absolute atomic E-state index is 12.0. The number of alkyl halides is 5. The van der Waals surface area contributed by atoms with Crippen molar-refractivity contribution in [3.05, 3.63) is 11.6 Å². The van der Waals surface area contributed by atoms with E-state index in [1.807, 2.05) is 13.8 Å². The fourth-order valence-electron chi connectivity index (χ4n) is 1.06. The third-order valence-corrected chi connectivity index (χ3v) is 2.12. The van der Waals surface area contributed by atoms with E-state index in [1.165, 1.54) is 0 Å². The molecule has 6 heteroatoms. The Morgan fingerprint density at radius 3 is 2.11 bits per heavy atom. The summed E-state index contributed by atoms with van der Waals surface area (Å²) >= 11 is 0. The fraction of sp³-hybridized carbons (Fsp3) is 0.833. The number of halogens is 5. The van der Waals surface area contributed by atoms with Crippen LogP contribution < -0.4 is 5.32 Å². The zero-order chi connectivity index (χ0) is 14.8. The van der Waals surface area contributed by atoms with Gasteiger partial charge in [0, 0.05) is 11.6 Å². The first kappa shape index (κ1) is 19.7. The molecule has 0 radical (unpaired) electrons. The first-order valence-electron chi connectivity index (χ1n) is 5.99. The van der Waals surface area contributed by atoms with Gasteiger partial charge in [0.05, 0.1) is 6.54 Å². The molecule has 0 aliphatic carbocycles. The Balaban J connectivity index is 0. The molecule has 0 saturated heterocycles. The molecule has 0 rings (SSSR count). The second-order valence-electron chi connectivity index (χ2n) is 3.66. The molecule has 1 nitrogen and oxygen atoms in total. The summed E-state index contributed by atoms with van der Waals surface area (Å²) in [5, 5.41) is 2.53. The van der Waals surface area contributed by atoms with Crippen LogP contribution in [0.5, 0.6) is 0 Å². The molecule has 0 bridgehead atoms. The zero-order valence-corrected chi connectivity index (χ0v) is 11.2. The molecule has 110 valence electrons. The Bertz CT molecular complexity index is 223. The fourth-order valence-corrected chi connectivity index (χ4v) is 1.06. The van der Waals surface area contributed by atoms with Crippen molar-refractivity contribution < 1.29 is 22.0 Å². The minimum absolute atomic E-state index is 0.216. The molecule has 0 aromatic rings. The number of hydrogen-bond donors (Lipinski definition) is 1. The van der Waals surface area contributed by atoms with Crippen molar-refractivity contribution in [2.75, 3.05) is 6.54 Å². The van der Waals surface area contributed by atoms with Gasteiger partial charge in [-0.15, -0.1) is 0 Å². The third kappa shape index (κ3) is 11.8. The lowest BCUT2D eigenvalue weighted by Crippen LogP contribution is -2.30. The van der Waals surface area contributed by atoms with Crippen LogP contribution in [0.25, 0.3) is 0 Å². The lowest BCUT2D eigenvalue weighted by atomic mass is 10.1. The van der Waals surface area contributed by atoms with E-state index in [1.54, 1.807) is 6.92 Å². The average Bonchev–Trinajstić information content (AvgIpc) is 2.27. The van der Waals surface area contributed by atoms with Gasteiger partial charge in [-0.1, -0.05) is 19.9 Å². The van der Waals surface area contributed by atoms with Crippen molar-refractivity contribution in [3.8, 4) is 0 Å². The van der Waals surface area contributed by atoms with E-state index < -0.39 is 24.7 Å². The van der Waals surface area contributed by atoms with Gasteiger partial charge in [0.25, 0.3) is 6.43 Å². The van der Waals surface area contributed by atoms with Crippen molar-refractivity contribution in [1.29, 1.82) is 0 Å². The van der Waals surface area contributed by atoms with Crippen molar-refractivity contribution >= 4 is 0 Å². The maximum Gasteiger partial charge on any atom is 0.412 e. The highest BCUT2D eigenvalue weighted by molar-refractivity contribution is 5.04. The summed E-state index contributed by atoms with van der Waals surface area (Å²) in [4.78, 5) is 0. The van der Waals surface area contributed by atoms with Crippen LogP contribution in [0.2, 0.25) is 0 Å². The van der Waals surface area contributed by atoms with Gasteiger partial charge in [-0.05, 0) is 26.7 Å². The summed E-state index contributed by atoms with van der Waals surface area (Å²) in [5.41, 5.74) is -0.645. The topological polar surface area (TPSA) is 12.0 Å². The molecule has 0 saturated carbocycles. The third-order valence-electron chi connectivity index (χ3n) is 2.12. The van der Waals surface area contributed by atoms with Gasteiger partial charge in [0.2, 0.25) is 0 Å². The summed E-state index contributed by atoms with van der Waals surface area (Å²) in [6.07, 6.45) is -5.02. The first-order valence-corrected chi connectivity index (χ1v) is 5.99. The SMILES string of the molecule is C/C(=C\CCC(C)NCC(F)F)C(F)(F)F.CC. The highest BCUT2D eigenvalue weighted by atomic mass is 19.4. The van der Waals surface area contributed by atoms with Crippen molar-refractivity contribution in [1.82, 2.24) is 5.32 Å². The smallest absolute Gasteiger partial charge is 0.309 e. The van der Waals surface area contributed by atoms with Crippen LogP contribution in [0, 0.1) is 0 Å². The van der Waals surface area contributed by atoms with E-state index >= 15 is 0 Å². The lowest BCUT2D eigenvalue weighted by Gasteiger charge is -2.12. The van der Waals surface area contributed by atoms with Gasteiger partial charge >= 0.3 is 6.18 Å². The zero-order valence-electron chi connectivity index (χ0n) is 11.2. The van der Waals surface area contributed by atoms with Crippen molar-refractivity contribution in [2.24, 2.45) is 0 Å². The van der Waals surface area contributed by atoms with Gasteiger partial charge in [0.15, 0.2) is 0 Å². The van der Waals surface area contributed by atoms with Crippen LogP contribution in [0.1, 0.15) is 40.5 Å². The van der Waals surface area contributed by atoms with Crippen LogP contribution >= 0.6 is 0 Å². The standard InChI is InChI=1S/C10H16F5N.C2H6/c1-7(10(13,14)15)4-3-5-8(2)16-6-9(11)12;1-2/h4,8-9,16H,3,5-6H2,1-2H3;1-2H3/b7-4+;. The van der Waals surface area contributed by atoms with E-state index in [0.717, 1.165) is 13.0 Å². The highest BCUT2D eigenvalue weighted by Gasteiger charge is 2.29. The predicted octanol–water partition coefficient (Wildman–Crippen LogP) is 4.54. The lowest BCUT2D eigenvalue weighted by molar-refractivity contribution is -0.0915. The summed E-state index contributed by atoms with van der Waals surface area (Å²) in [6.45, 7) is 6.24. The molecule has 0 aliphatic rings. The van der Waals surface area contributed by atoms with E-state index in [0.29, 0.717) is 6.42 Å². The van der Waals surface area contributed by atoms with Crippen LogP contribution in [-0.4, -0.2) is 25.2 Å². The molecule has 1 unspecified atom stereocenters. The minimum atomic E-state index is -4.29. The normalized spacial score (nSPS) is 14.2. The molecule has 0 aliphatic heterocycles. The Morgan fingerprint density at radius 1 is 1.22 bits per heavy atom. The maximum atomic E-state index is 12.0. The average molecular weight is 275 g/mol.